The van der Waals surface area contributed by atoms with Gasteiger partial charge in [-0.3, -0.25) is 4.79 Å². The monoisotopic (exact) mass is 294 g/mol. The van der Waals surface area contributed by atoms with Gasteiger partial charge in [0.15, 0.2) is 0 Å². The highest BCUT2D eigenvalue weighted by atomic mass is 16.4. The first-order chi connectivity index (χ1) is 9.78. The molecule has 0 aromatic carbocycles. The lowest BCUT2D eigenvalue weighted by Gasteiger charge is -2.32. The second-order valence-corrected chi connectivity index (χ2v) is 6.33. The molecule has 2 rings (SSSR count). The van der Waals surface area contributed by atoms with E-state index in [4.69, 9.17) is 0 Å². The van der Waals surface area contributed by atoms with Crippen LogP contribution in [-0.4, -0.2) is 50.0 Å². The van der Waals surface area contributed by atoms with Crippen LogP contribution in [-0.2, 0) is 22.6 Å². The summed E-state index contributed by atoms with van der Waals surface area (Å²) < 4.78 is 0. The van der Waals surface area contributed by atoms with Gasteiger partial charge in [-0.1, -0.05) is 0 Å². The Morgan fingerprint density at radius 2 is 2.24 bits per heavy atom. The van der Waals surface area contributed by atoms with Gasteiger partial charge in [-0.05, 0) is 20.8 Å². The first-order valence-corrected chi connectivity index (χ1v) is 7.06. The van der Waals surface area contributed by atoms with E-state index in [1.807, 2.05) is 20.8 Å². The molecule has 7 heteroatoms. The standard InChI is InChI=1S/C14H22N4O3/c1-14(2,3)17-5-4-12(19)18-7-10-9(15-8-16-10)6-11(18)13(20)21/h8,11,17H,4-7H2,1-3H3,(H,15,16)(H,20,21). The molecule has 1 aromatic heterocycles. The van der Waals surface area contributed by atoms with Crippen molar-refractivity contribution in [3.8, 4) is 0 Å². The number of hydrogen-bond donors (Lipinski definition) is 3. The molecular formula is C14H22N4O3. The number of aliphatic carboxylic acids is 1. The molecule has 1 atom stereocenters. The Kier molecular flexibility index (Phi) is 4.32. The van der Waals surface area contributed by atoms with Gasteiger partial charge in [-0.25, -0.2) is 9.78 Å². The normalized spacial score (nSPS) is 18.4. The van der Waals surface area contributed by atoms with Crippen molar-refractivity contribution in [3.05, 3.63) is 17.7 Å². The van der Waals surface area contributed by atoms with Gasteiger partial charge in [0.25, 0.3) is 0 Å². The predicted octanol–water partition coefficient (Wildman–Crippen LogP) is 0.526. The lowest BCUT2D eigenvalue weighted by molar-refractivity contribution is -0.151. The van der Waals surface area contributed by atoms with Crippen molar-refractivity contribution in [2.45, 2.75) is 51.7 Å². The first-order valence-electron chi connectivity index (χ1n) is 7.06. The molecule has 3 N–H and O–H groups in total. The van der Waals surface area contributed by atoms with E-state index >= 15 is 0 Å². The number of nitrogens with zero attached hydrogens (tertiary/aromatic N) is 2. The topological polar surface area (TPSA) is 98.3 Å². The van der Waals surface area contributed by atoms with Crippen LogP contribution in [0.15, 0.2) is 6.33 Å². The number of carboxylic acid groups (broad SMARTS) is 1. The predicted molar refractivity (Wildman–Crippen MR) is 76.6 cm³/mol. The maximum Gasteiger partial charge on any atom is 0.326 e. The number of hydrogen-bond acceptors (Lipinski definition) is 4. The fourth-order valence-corrected chi connectivity index (χ4v) is 2.41. The van der Waals surface area contributed by atoms with Crippen LogP contribution < -0.4 is 5.32 Å². The Labute approximate surface area is 123 Å². The minimum atomic E-state index is -0.985. The summed E-state index contributed by atoms with van der Waals surface area (Å²) in [6.07, 6.45) is 2.08. The Balaban J connectivity index is 2.02. The summed E-state index contributed by atoms with van der Waals surface area (Å²) in [6, 6.07) is -0.831. The third-order valence-corrected chi connectivity index (χ3v) is 3.50. The Bertz CT molecular complexity index is 533. The molecule has 21 heavy (non-hydrogen) atoms. The summed E-state index contributed by atoms with van der Waals surface area (Å²) in [7, 11) is 0. The summed E-state index contributed by atoms with van der Waals surface area (Å²) in [6.45, 7) is 6.88. The maximum atomic E-state index is 12.3. The van der Waals surface area contributed by atoms with E-state index in [0.29, 0.717) is 6.54 Å². The van der Waals surface area contributed by atoms with Crippen LogP contribution >= 0.6 is 0 Å². The fourth-order valence-electron chi connectivity index (χ4n) is 2.41. The van der Waals surface area contributed by atoms with Gasteiger partial charge in [0.05, 0.1) is 24.3 Å². The first kappa shape index (κ1) is 15.5. The van der Waals surface area contributed by atoms with Crippen LogP contribution in [0, 0.1) is 0 Å². The molecule has 0 bridgehead atoms. The SMILES string of the molecule is CC(C)(C)NCCC(=O)N1Cc2[nH]cnc2CC1C(=O)O. The van der Waals surface area contributed by atoms with Crippen molar-refractivity contribution < 1.29 is 14.7 Å². The summed E-state index contributed by atoms with van der Waals surface area (Å²) >= 11 is 0. The number of aromatic amines is 1. The summed E-state index contributed by atoms with van der Waals surface area (Å²) in [5.41, 5.74) is 1.49. The van der Waals surface area contributed by atoms with Crippen LogP contribution in [0.3, 0.4) is 0 Å². The number of amides is 1. The molecule has 7 nitrogen and oxygen atoms in total. The second kappa shape index (κ2) is 5.85. The molecule has 1 aromatic rings. The number of H-pyrrole nitrogens is 1. The van der Waals surface area contributed by atoms with Crippen LogP contribution in [0.4, 0.5) is 0 Å². The number of carboxylic acids is 1. The van der Waals surface area contributed by atoms with Crippen molar-refractivity contribution in [2.75, 3.05) is 6.54 Å². The maximum absolute atomic E-state index is 12.3. The van der Waals surface area contributed by atoms with E-state index in [2.05, 4.69) is 15.3 Å². The van der Waals surface area contributed by atoms with Crippen LogP contribution in [0.5, 0.6) is 0 Å². The molecule has 1 aliphatic rings. The van der Waals surface area contributed by atoms with Gasteiger partial charge >= 0.3 is 5.97 Å². The van der Waals surface area contributed by atoms with E-state index in [1.54, 1.807) is 6.33 Å². The zero-order valence-corrected chi connectivity index (χ0v) is 12.6. The van der Waals surface area contributed by atoms with Crippen molar-refractivity contribution in [1.82, 2.24) is 20.2 Å². The van der Waals surface area contributed by atoms with Gasteiger partial charge in [-0.15, -0.1) is 0 Å². The molecule has 0 aliphatic carbocycles. The minimum absolute atomic E-state index is 0.0646. The summed E-state index contributed by atoms with van der Waals surface area (Å²) in [5.74, 6) is -1.14. The van der Waals surface area contributed by atoms with Crippen LogP contribution in [0.2, 0.25) is 0 Å². The third kappa shape index (κ3) is 3.81. The Hall–Kier alpha value is -1.89. The number of imidazole rings is 1. The number of carbonyl (C=O) groups excluding carboxylic acids is 1. The van der Waals surface area contributed by atoms with E-state index in [0.717, 1.165) is 11.4 Å². The molecular weight excluding hydrogens is 272 g/mol. The van der Waals surface area contributed by atoms with Gasteiger partial charge in [0.2, 0.25) is 5.91 Å². The molecule has 1 amide bonds. The number of aromatic nitrogens is 2. The molecule has 1 unspecified atom stereocenters. The van der Waals surface area contributed by atoms with E-state index in [9.17, 15) is 14.7 Å². The molecule has 116 valence electrons. The minimum Gasteiger partial charge on any atom is -0.480 e. The Morgan fingerprint density at radius 3 is 2.86 bits per heavy atom. The highest BCUT2D eigenvalue weighted by Crippen LogP contribution is 2.21. The number of carbonyl (C=O) groups is 2. The number of nitrogens with one attached hydrogen (secondary N) is 2. The molecule has 0 radical (unpaired) electrons. The van der Waals surface area contributed by atoms with Gasteiger partial charge in [0, 0.05) is 24.9 Å². The van der Waals surface area contributed by atoms with E-state index in [1.165, 1.54) is 4.90 Å². The van der Waals surface area contributed by atoms with E-state index < -0.39 is 12.0 Å². The third-order valence-electron chi connectivity index (χ3n) is 3.50. The quantitative estimate of drug-likeness (QED) is 0.752. The smallest absolute Gasteiger partial charge is 0.326 e. The van der Waals surface area contributed by atoms with Crippen molar-refractivity contribution >= 4 is 11.9 Å². The molecule has 0 spiro atoms. The highest BCUT2D eigenvalue weighted by Gasteiger charge is 2.35. The lowest BCUT2D eigenvalue weighted by atomic mass is 10.0. The molecule has 0 fully saturated rings. The summed E-state index contributed by atoms with van der Waals surface area (Å²) in [4.78, 5) is 32.2. The average molecular weight is 294 g/mol. The zero-order valence-electron chi connectivity index (χ0n) is 12.6. The van der Waals surface area contributed by atoms with E-state index in [-0.39, 0.29) is 30.8 Å². The Morgan fingerprint density at radius 1 is 1.52 bits per heavy atom. The van der Waals surface area contributed by atoms with Gasteiger partial charge in [0.1, 0.15) is 6.04 Å². The lowest BCUT2D eigenvalue weighted by Crippen LogP contribution is -2.49. The molecule has 1 aliphatic heterocycles. The fraction of sp³-hybridized carbons (Fsp3) is 0.643. The second-order valence-electron chi connectivity index (χ2n) is 6.33. The molecule has 0 saturated carbocycles. The number of fused-ring (bicyclic) bond motifs is 1. The zero-order chi connectivity index (χ0) is 15.6. The van der Waals surface area contributed by atoms with Crippen molar-refractivity contribution in [2.24, 2.45) is 0 Å². The summed E-state index contributed by atoms with van der Waals surface area (Å²) in [5, 5.41) is 12.6. The average Bonchev–Trinajstić information content (AvgIpc) is 2.82. The van der Waals surface area contributed by atoms with Crippen LogP contribution in [0.1, 0.15) is 38.6 Å². The van der Waals surface area contributed by atoms with Crippen molar-refractivity contribution in [1.29, 1.82) is 0 Å². The molecule has 0 saturated heterocycles. The largest absolute Gasteiger partial charge is 0.480 e. The highest BCUT2D eigenvalue weighted by molar-refractivity contribution is 5.84. The van der Waals surface area contributed by atoms with Crippen molar-refractivity contribution in [3.63, 3.8) is 0 Å². The molecule has 2 heterocycles. The van der Waals surface area contributed by atoms with Gasteiger partial charge in [-0.2, -0.15) is 0 Å². The van der Waals surface area contributed by atoms with Crippen LogP contribution in [0.25, 0.3) is 0 Å². The van der Waals surface area contributed by atoms with Gasteiger partial charge < -0.3 is 20.3 Å². The number of rotatable bonds is 4.